The lowest BCUT2D eigenvalue weighted by atomic mass is 10.2. The number of piperazine rings is 1. The molecule has 11 heteroatoms. The van der Waals surface area contributed by atoms with Crippen LogP contribution in [0.4, 0.5) is 18.9 Å². The molecule has 1 amide bonds. The number of amides is 1. The maximum atomic E-state index is 12.7. The molecule has 0 unspecified atom stereocenters. The number of alkyl halides is 3. The number of anilines is 1. The summed E-state index contributed by atoms with van der Waals surface area (Å²) in [7, 11) is 0. The Morgan fingerprint density at radius 1 is 1.03 bits per heavy atom. The normalized spacial score (nSPS) is 14.8. The van der Waals surface area contributed by atoms with E-state index in [-0.39, 0.29) is 10.8 Å². The second-order valence-electron chi connectivity index (χ2n) is 7.07. The van der Waals surface area contributed by atoms with E-state index in [2.05, 4.69) is 15.5 Å². The summed E-state index contributed by atoms with van der Waals surface area (Å²) in [5.74, 6) is -0.0434. The SMILES string of the molecule is O=C(COc1ccc(C(F)(F)F)cc1Cl)Nc1ccc(OCCN2CCNCC2)c(Cl)c1. The molecule has 1 aliphatic heterocycles. The first kappa shape index (κ1) is 24.4. The van der Waals surface area contributed by atoms with Gasteiger partial charge in [-0.15, -0.1) is 0 Å². The third-order valence-electron chi connectivity index (χ3n) is 4.71. The minimum absolute atomic E-state index is 0.0268. The topological polar surface area (TPSA) is 62.8 Å². The fraction of sp³-hybridized carbons (Fsp3) is 0.381. The summed E-state index contributed by atoms with van der Waals surface area (Å²) >= 11 is 12.1. The lowest BCUT2D eigenvalue weighted by molar-refractivity contribution is -0.137. The average molecular weight is 492 g/mol. The Balaban J connectivity index is 1.47. The molecule has 2 N–H and O–H groups in total. The highest BCUT2D eigenvalue weighted by Crippen LogP contribution is 2.34. The number of hydrogen-bond donors (Lipinski definition) is 2. The van der Waals surface area contributed by atoms with Gasteiger partial charge in [-0.05, 0) is 36.4 Å². The summed E-state index contributed by atoms with van der Waals surface area (Å²) in [4.78, 5) is 14.4. The standard InChI is InChI=1S/C21H22Cl2F3N3O3/c22-16-11-14(21(24,25)26)1-3-19(16)32-13-20(30)28-15-2-4-18(17(23)12-15)31-10-9-29-7-5-27-6-8-29/h1-4,11-12,27H,5-10,13H2,(H,28,30). The predicted octanol–water partition coefficient (Wildman–Crippen LogP) is 4.31. The number of benzene rings is 2. The van der Waals surface area contributed by atoms with E-state index in [1.165, 1.54) is 0 Å². The van der Waals surface area contributed by atoms with Crippen molar-refractivity contribution >= 4 is 34.8 Å². The number of halogens is 5. The van der Waals surface area contributed by atoms with Gasteiger partial charge in [-0.1, -0.05) is 23.2 Å². The van der Waals surface area contributed by atoms with Crippen LogP contribution >= 0.6 is 23.2 Å². The van der Waals surface area contributed by atoms with Gasteiger partial charge >= 0.3 is 6.18 Å². The van der Waals surface area contributed by atoms with Crippen molar-refractivity contribution in [2.45, 2.75) is 6.18 Å². The predicted molar refractivity (Wildman–Crippen MR) is 117 cm³/mol. The fourth-order valence-electron chi connectivity index (χ4n) is 3.05. The largest absolute Gasteiger partial charge is 0.491 e. The first-order valence-corrected chi connectivity index (χ1v) is 10.6. The fourth-order valence-corrected chi connectivity index (χ4v) is 3.52. The zero-order valence-corrected chi connectivity index (χ0v) is 18.5. The highest BCUT2D eigenvalue weighted by Gasteiger charge is 2.31. The number of rotatable bonds is 8. The van der Waals surface area contributed by atoms with E-state index in [1.54, 1.807) is 18.2 Å². The minimum Gasteiger partial charge on any atom is -0.491 e. The third-order valence-corrected chi connectivity index (χ3v) is 5.30. The molecule has 1 saturated heterocycles. The van der Waals surface area contributed by atoms with Crippen LogP contribution in [0.2, 0.25) is 10.0 Å². The van der Waals surface area contributed by atoms with E-state index in [9.17, 15) is 18.0 Å². The van der Waals surface area contributed by atoms with Gasteiger partial charge in [0, 0.05) is 38.4 Å². The van der Waals surface area contributed by atoms with Crippen molar-refractivity contribution < 1.29 is 27.4 Å². The van der Waals surface area contributed by atoms with Gasteiger partial charge in [0.05, 0.1) is 15.6 Å². The highest BCUT2D eigenvalue weighted by molar-refractivity contribution is 6.32. The molecule has 2 aromatic rings. The zero-order valence-electron chi connectivity index (χ0n) is 17.0. The van der Waals surface area contributed by atoms with E-state index in [4.69, 9.17) is 32.7 Å². The third kappa shape index (κ3) is 7.16. The van der Waals surface area contributed by atoms with Gasteiger partial charge < -0.3 is 20.1 Å². The van der Waals surface area contributed by atoms with Gasteiger partial charge in [0.1, 0.15) is 18.1 Å². The summed E-state index contributed by atoms with van der Waals surface area (Å²) in [6.45, 7) is 4.72. The number of hydrogen-bond acceptors (Lipinski definition) is 5. The molecule has 0 aromatic heterocycles. The molecule has 1 aliphatic rings. The van der Waals surface area contributed by atoms with Gasteiger partial charge in [-0.3, -0.25) is 9.69 Å². The number of nitrogens with zero attached hydrogens (tertiary/aromatic N) is 1. The number of carbonyl (C=O) groups is 1. The van der Waals surface area contributed by atoms with Crippen LogP contribution in [0, 0.1) is 0 Å². The van der Waals surface area contributed by atoms with Crippen LogP contribution in [-0.2, 0) is 11.0 Å². The van der Waals surface area contributed by atoms with Crippen molar-refractivity contribution in [1.82, 2.24) is 10.2 Å². The zero-order chi connectivity index (χ0) is 23.1. The monoisotopic (exact) mass is 491 g/mol. The van der Waals surface area contributed by atoms with Crippen molar-refractivity contribution in [3.05, 3.63) is 52.0 Å². The van der Waals surface area contributed by atoms with E-state index in [1.807, 2.05) is 0 Å². The Labute approximate surface area is 193 Å². The Hall–Kier alpha value is -2.20. The first-order valence-electron chi connectivity index (χ1n) is 9.87. The summed E-state index contributed by atoms with van der Waals surface area (Å²) < 4.78 is 49.0. The van der Waals surface area contributed by atoms with Crippen LogP contribution < -0.4 is 20.1 Å². The second kappa shape index (κ2) is 11.1. The minimum atomic E-state index is -4.51. The molecule has 0 aliphatic carbocycles. The smallest absolute Gasteiger partial charge is 0.416 e. The molecule has 174 valence electrons. The van der Waals surface area contributed by atoms with E-state index in [0.29, 0.717) is 23.1 Å². The summed E-state index contributed by atoms with van der Waals surface area (Å²) in [5, 5.41) is 5.99. The maximum Gasteiger partial charge on any atom is 0.416 e. The van der Waals surface area contributed by atoms with Gasteiger partial charge in [0.15, 0.2) is 6.61 Å². The highest BCUT2D eigenvalue weighted by atomic mass is 35.5. The van der Waals surface area contributed by atoms with Crippen molar-refractivity contribution in [1.29, 1.82) is 0 Å². The van der Waals surface area contributed by atoms with E-state index in [0.717, 1.165) is 50.9 Å². The molecule has 0 atom stereocenters. The van der Waals surface area contributed by atoms with Gasteiger partial charge in [-0.2, -0.15) is 13.2 Å². The molecule has 0 saturated carbocycles. The Bertz CT molecular complexity index is 938. The molecule has 2 aromatic carbocycles. The van der Waals surface area contributed by atoms with Gasteiger partial charge in [-0.25, -0.2) is 0 Å². The van der Waals surface area contributed by atoms with E-state index >= 15 is 0 Å². The molecule has 0 bridgehead atoms. The Morgan fingerprint density at radius 2 is 1.69 bits per heavy atom. The molecular formula is C21H22Cl2F3N3O3. The number of ether oxygens (including phenoxy) is 2. The second-order valence-corrected chi connectivity index (χ2v) is 7.88. The average Bonchev–Trinajstić information content (AvgIpc) is 2.74. The van der Waals surface area contributed by atoms with Crippen molar-refractivity contribution in [3.8, 4) is 11.5 Å². The molecule has 3 rings (SSSR count). The molecule has 0 radical (unpaired) electrons. The van der Waals surface area contributed by atoms with Crippen LogP contribution in [0.5, 0.6) is 11.5 Å². The van der Waals surface area contributed by atoms with Crippen LogP contribution in [0.3, 0.4) is 0 Å². The van der Waals surface area contributed by atoms with Crippen molar-refractivity contribution in [2.24, 2.45) is 0 Å². The van der Waals surface area contributed by atoms with Crippen molar-refractivity contribution in [3.63, 3.8) is 0 Å². The molecule has 1 heterocycles. The first-order chi connectivity index (χ1) is 15.2. The maximum absolute atomic E-state index is 12.7. The van der Waals surface area contributed by atoms with Gasteiger partial charge in [0.2, 0.25) is 0 Å². The molecule has 0 spiro atoms. The van der Waals surface area contributed by atoms with Gasteiger partial charge in [0.25, 0.3) is 5.91 Å². The lowest BCUT2D eigenvalue weighted by Crippen LogP contribution is -2.44. The number of nitrogens with one attached hydrogen (secondary N) is 2. The Kier molecular flexibility index (Phi) is 8.47. The van der Waals surface area contributed by atoms with Crippen LogP contribution in [-0.4, -0.2) is 56.7 Å². The van der Waals surface area contributed by atoms with Crippen LogP contribution in [0.15, 0.2) is 36.4 Å². The van der Waals surface area contributed by atoms with E-state index < -0.39 is 24.3 Å². The number of carbonyl (C=O) groups excluding carboxylic acids is 1. The molecule has 1 fully saturated rings. The van der Waals surface area contributed by atoms with Crippen molar-refractivity contribution in [2.75, 3.05) is 51.3 Å². The Morgan fingerprint density at radius 3 is 2.34 bits per heavy atom. The molecular weight excluding hydrogens is 470 g/mol. The summed E-state index contributed by atoms with van der Waals surface area (Å²) in [5.41, 5.74) is -0.472. The lowest BCUT2D eigenvalue weighted by Gasteiger charge is -2.27. The summed E-state index contributed by atoms with van der Waals surface area (Å²) in [6, 6.07) is 7.49. The van der Waals surface area contributed by atoms with Crippen LogP contribution in [0.1, 0.15) is 5.56 Å². The molecule has 32 heavy (non-hydrogen) atoms. The quantitative estimate of drug-likeness (QED) is 0.575. The summed E-state index contributed by atoms with van der Waals surface area (Å²) in [6.07, 6.45) is -4.51. The van der Waals surface area contributed by atoms with Crippen LogP contribution in [0.25, 0.3) is 0 Å². The molecule has 6 nitrogen and oxygen atoms in total.